The Morgan fingerprint density at radius 1 is 1.14 bits per heavy atom. The highest BCUT2D eigenvalue weighted by Crippen LogP contribution is 2.22. The first kappa shape index (κ1) is 15.1. The van der Waals surface area contributed by atoms with E-state index >= 15 is 0 Å². The topological polar surface area (TPSA) is 36.7 Å². The van der Waals surface area contributed by atoms with Crippen LogP contribution < -0.4 is 0 Å². The number of hydrogen-bond donors (Lipinski definition) is 0. The smallest absolute Gasteiger partial charge is 0.142 e. The SMILES string of the molecule is Cc1nn(-c2ccccc2)c(Cl)c1/C=N\N1CCN(C)CC1. The molecule has 0 N–H and O–H groups in total. The third-order valence-electron chi connectivity index (χ3n) is 3.88. The van der Waals surface area contributed by atoms with Crippen molar-refractivity contribution in [2.24, 2.45) is 5.10 Å². The summed E-state index contributed by atoms with van der Waals surface area (Å²) in [5.41, 5.74) is 2.71. The van der Waals surface area contributed by atoms with Crippen molar-refractivity contribution in [3.8, 4) is 5.69 Å². The van der Waals surface area contributed by atoms with Gasteiger partial charge in [-0.3, -0.25) is 5.01 Å². The molecule has 0 amide bonds. The number of halogens is 1. The van der Waals surface area contributed by atoms with Gasteiger partial charge in [0, 0.05) is 26.2 Å². The lowest BCUT2D eigenvalue weighted by molar-refractivity contribution is 0.159. The van der Waals surface area contributed by atoms with E-state index in [1.165, 1.54) is 0 Å². The highest BCUT2D eigenvalue weighted by molar-refractivity contribution is 6.32. The maximum Gasteiger partial charge on any atom is 0.142 e. The highest BCUT2D eigenvalue weighted by Gasteiger charge is 2.15. The Balaban J connectivity index is 1.81. The van der Waals surface area contributed by atoms with Gasteiger partial charge in [-0.1, -0.05) is 29.8 Å². The Labute approximate surface area is 135 Å². The molecule has 1 aromatic carbocycles. The first-order chi connectivity index (χ1) is 10.6. The summed E-state index contributed by atoms with van der Waals surface area (Å²) >= 11 is 6.49. The molecule has 0 unspecified atom stereocenters. The van der Waals surface area contributed by atoms with Gasteiger partial charge in [-0.2, -0.15) is 10.2 Å². The molecular formula is C16H20ClN5. The second kappa shape index (κ2) is 6.50. The molecule has 0 saturated carbocycles. The van der Waals surface area contributed by atoms with Crippen molar-refractivity contribution in [2.75, 3.05) is 33.2 Å². The summed E-state index contributed by atoms with van der Waals surface area (Å²) in [6, 6.07) is 9.89. The molecule has 22 heavy (non-hydrogen) atoms. The number of piperazine rings is 1. The molecular weight excluding hydrogens is 298 g/mol. The van der Waals surface area contributed by atoms with Gasteiger partial charge < -0.3 is 4.90 Å². The monoisotopic (exact) mass is 317 g/mol. The van der Waals surface area contributed by atoms with Crippen LogP contribution in [-0.2, 0) is 0 Å². The van der Waals surface area contributed by atoms with Crippen molar-refractivity contribution in [3.63, 3.8) is 0 Å². The maximum absolute atomic E-state index is 6.49. The molecule has 0 radical (unpaired) electrons. The fraction of sp³-hybridized carbons (Fsp3) is 0.375. The van der Waals surface area contributed by atoms with E-state index in [0.29, 0.717) is 5.15 Å². The van der Waals surface area contributed by atoms with Crippen LogP contribution in [-0.4, -0.2) is 59.1 Å². The van der Waals surface area contributed by atoms with Gasteiger partial charge in [0.15, 0.2) is 0 Å². The maximum atomic E-state index is 6.49. The van der Waals surface area contributed by atoms with Crippen LogP contribution in [0.3, 0.4) is 0 Å². The molecule has 0 bridgehead atoms. The molecule has 1 aliphatic rings. The zero-order valence-corrected chi connectivity index (χ0v) is 13.7. The van der Waals surface area contributed by atoms with Gasteiger partial charge in [-0.25, -0.2) is 4.68 Å². The van der Waals surface area contributed by atoms with Gasteiger partial charge in [-0.05, 0) is 26.1 Å². The van der Waals surface area contributed by atoms with Crippen molar-refractivity contribution in [3.05, 3.63) is 46.7 Å². The number of likely N-dealkylation sites (N-methyl/N-ethyl adjacent to an activating group) is 1. The van der Waals surface area contributed by atoms with E-state index in [-0.39, 0.29) is 0 Å². The highest BCUT2D eigenvalue weighted by atomic mass is 35.5. The van der Waals surface area contributed by atoms with E-state index < -0.39 is 0 Å². The number of aryl methyl sites for hydroxylation is 1. The van der Waals surface area contributed by atoms with Gasteiger partial charge in [0.05, 0.1) is 23.2 Å². The minimum Gasteiger partial charge on any atom is -0.303 e. The van der Waals surface area contributed by atoms with Crippen molar-refractivity contribution in [1.29, 1.82) is 0 Å². The summed E-state index contributed by atoms with van der Waals surface area (Å²) in [6.45, 7) is 5.91. The quantitative estimate of drug-likeness (QED) is 0.816. The Morgan fingerprint density at radius 3 is 2.50 bits per heavy atom. The van der Waals surface area contributed by atoms with Crippen LogP contribution in [0.4, 0.5) is 0 Å². The molecule has 1 aromatic heterocycles. The van der Waals surface area contributed by atoms with Gasteiger partial charge in [0.25, 0.3) is 0 Å². The fourth-order valence-corrected chi connectivity index (χ4v) is 2.77. The average molecular weight is 318 g/mol. The lowest BCUT2D eigenvalue weighted by atomic mass is 10.3. The average Bonchev–Trinajstić information content (AvgIpc) is 2.82. The van der Waals surface area contributed by atoms with Gasteiger partial charge in [0.1, 0.15) is 5.15 Å². The van der Waals surface area contributed by atoms with Crippen LogP contribution in [0.2, 0.25) is 5.15 Å². The molecule has 1 saturated heterocycles. The summed E-state index contributed by atoms with van der Waals surface area (Å²) in [4.78, 5) is 2.30. The van der Waals surface area contributed by atoms with Crippen LogP contribution in [0.1, 0.15) is 11.3 Å². The Morgan fingerprint density at radius 2 is 1.82 bits per heavy atom. The predicted molar refractivity (Wildman–Crippen MR) is 90.0 cm³/mol. The molecule has 0 atom stereocenters. The van der Waals surface area contributed by atoms with E-state index in [0.717, 1.165) is 43.1 Å². The molecule has 1 aliphatic heterocycles. The molecule has 2 heterocycles. The molecule has 0 spiro atoms. The summed E-state index contributed by atoms with van der Waals surface area (Å²) in [5.74, 6) is 0. The largest absolute Gasteiger partial charge is 0.303 e. The second-order valence-corrected chi connectivity index (χ2v) is 5.90. The van der Waals surface area contributed by atoms with E-state index in [4.69, 9.17) is 11.6 Å². The number of aromatic nitrogens is 2. The zero-order valence-electron chi connectivity index (χ0n) is 12.9. The Bertz CT molecular complexity index is 657. The molecule has 0 aliphatic carbocycles. The molecule has 5 nitrogen and oxygen atoms in total. The summed E-state index contributed by atoms with van der Waals surface area (Å²) in [7, 11) is 2.13. The van der Waals surface area contributed by atoms with Crippen LogP contribution >= 0.6 is 11.6 Å². The van der Waals surface area contributed by atoms with E-state index in [1.807, 2.05) is 43.5 Å². The van der Waals surface area contributed by atoms with Crippen LogP contribution in [0, 0.1) is 6.92 Å². The van der Waals surface area contributed by atoms with Gasteiger partial charge in [-0.15, -0.1) is 0 Å². The van der Waals surface area contributed by atoms with Crippen molar-refractivity contribution < 1.29 is 0 Å². The summed E-state index contributed by atoms with van der Waals surface area (Å²) in [6.07, 6.45) is 1.83. The third-order valence-corrected chi connectivity index (χ3v) is 4.24. The second-order valence-electron chi connectivity index (χ2n) is 5.54. The third kappa shape index (κ3) is 3.15. The van der Waals surface area contributed by atoms with Gasteiger partial charge in [0.2, 0.25) is 0 Å². The Hall–Kier alpha value is -1.85. The standard InChI is InChI=1S/C16H20ClN5/c1-13-15(12-18-21-10-8-20(2)9-11-21)16(17)22(19-13)14-6-4-3-5-7-14/h3-7,12H,8-11H2,1-2H3/b18-12-. The Kier molecular flexibility index (Phi) is 4.45. The van der Waals surface area contributed by atoms with Crippen LogP contribution in [0.5, 0.6) is 0 Å². The fourth-order valence-electron chi connectivity index (χ4n) is 2.45. The summed E-state index contributed by atoms with van der Waals surface area (Å²) < 4.78 is 1.75. The van der Waals surface area contributed by atoms with Crippen molar-refractivity contribution in [2.45, 2.75) is 6.92 Å². The first-order valence-electron chi connectivity index (χ1n) is 7.43. The minimum absolute atomic E-state index is 0.599. The number of hydrogen-bond acceptors (Lipinski definition) is 4. The van der Waals surface area contributed by atoms with E-state index in [9.17, 15) is 0 Å². The summed E-state index contributed by atoms with van der Waals surface area (Å²) in [5, 5.41) is 11.8. The first-order valence-corrected chi connectivity index (χ1v) is 7.81. The van der Waals surface area contributed by atoms with Gasteiger partial charge >= 0.3 is 0 Å². The zero-order chi connectivity index (χ0) is 15.5. The number of para-hydroxylation sites is 1. The number of benzene rings is 1. The van der Waals surface area contributed by atoms with E-state index in [1.54, 1.807) is 4.68 Å². The molecule has 116 valence electrons. The normalized spacial score (nSPS) is 16.6. The van der Waals surface area contributed by atoms with Crippen LogP contribution in [0.15, 0.2) is 35.4 Å². The minimum atomic E-state index is 0.599. The lowest BCUT2D eigenvalue weighted by Crippen LogP contribution is -2.41. The lowest BCUT2D eigenvalue weighted by Gasteiger charge is -2.30. The van der Waals surface area contributed by atoms with Crippen molar-refractivity contribution >= 4 is 17.8 Å². The molecule has 2 aromatic rings. The van der Waals surface area contributed by atoms with Crippen LogP contribution in [0.25, 0.3) is 5.69 Å². The van der Waals surface area contributed by atoms with Crippen molar-refractivity contribution in [1.82, 2.24) is 19.7 Å². The molecule has 6 heteroatoms. The number of hydrazone groups is 1. The number of nitrogens with zero attached hydrogens (tertiary/aromatic N) is 5. The predicted octanol–water partition coefficient (Wildman–Crippen LogP) is 2.42. The number of rotatable bonds is 3. The molecule has 3 rings (SSSR count). The van der Waals surface area contributed by atoms with E-state index in [2.05, 4.69) is 27.2 Å². The molecule has 1 fully saturated rings.